The summed E-state index contributed by atoms with van der Waals surface area (Å²) in [5.41, 5.74) is 3.69. The maximum Gasteiger partial charge on any atom is 0.240 e. The summed E-state index contributed by atoms with van der Waals surface area (Å²) in [7, 11) is 0. The van der Waals surface area contributed by atoms with Crippen LogP contribution < -0.4 is 10.1 Å². The SMILES string of the molecule is O=C1C[C@@H](CCOc2nc(-c3ccncc3)cc3ncn(C4CC4)c23)CN1. The highest BCUT2D eigenvalue weighted by atomic mass is 16.5. The Balaban J connectivity index is 1.45. The number of imidazole rings is 1. The number of hydrogen-bond donors (Lipinski definition) is 1. The molecule has 1 amide bonds. The monoisotopic (exact) mass is 363 g/mol. The Morgan fingerprint density at radius 1 is 1.26 bits per heavy atom. The molecule has 0 radical (unpaired) electrons. The Bertz CT molecular complexity index is 981. The van der Waals surface area contributed by atoms with Crippen LogP contribution in [0, 0.1) is 5.92 Å². The zero-order valence-electron chi connectivity index (χ0n) is 15.0. The molecule has 1 saturated heterocycles. The minimum absolute atomic E-state index is 0.131. The van der Waals surface area contributed by atoms with Crippen molar-refractivity contribution in [1.82, 2.24) is 24.8 Å². The van der Waals surface area contributed by atoms with Gasteiger partial charge in [-0.05, 0) is 43.4 Å². The number of nitrogens with one attached hydrogen (secondary N) is 1. The maximum absolute atomic E-state index is 11.4. The lowest BCUT2D eigenvalue weighted by Gasteiger charge is -2.12. The van der Waals surface area contributed by atoms with Crippen molar-refractivity contribution in [3.63, 3.8) is 0 Å². The molecule has 2 fully saturated rings. The average Bonchev–Trinajstić information content (AvgIpc) is 3.31. The topological polar surface area (TPSA) is 81.9 Å². The normalized spacial score (nSPS) is 19.4. The second-order valence-corrected chi connectivity index (χ2v) is 7.31. The van der Waals surface area contributed by atoms with E-state index in [2.05, 4.69) is 19.9 Å². The van der Waals surface area contributed by atoms with Gasteiger partial charge in [-0.1, -0.05) is 0 Å². The van der Waals surface area contributed by atoms with E-state index in [0.717, 1.165) is 35.3 Å². The van der Waals surface area contributed by atoms with Crippen LogP contribution in [0.4, 0.5) is 0 Å². The Labute approximate surface area is 156 Å². The lowest BCUT2D eigenvalue weighted by atomic mass is 10.1. The Morgan fingerprint density at radius 3 is 2.85 bits per heavy atom. The molecule has 0 spiro atoms. The minimum atomic E-state index is 0.131. The lowest BCUT2D eigenvalue weighted by Crippen LogP contribution is -2.14. The van der Waals surface area contributed by atoms with Crippen molar-refractivity contribution < 1.29 is 9.53 Å². The van der Waals surface area contributed by atoms with Crippen molar-refractivity contribution in [3.8, 4) is 17.1 Å². The van der Waals surface area contributed by atoms with E-state index in [1.807, 2.05) is 24.5 Å². The van der Waals surface area contributed by atoms with Gasteiger partial charge in [0, 0.05) is 37.0 Å². The number of aromatic nitrogens is 4. The Kier molecular flexibility index (Phi) is 3.99. The van der Waals surface area contributed by atoms with Gasteiger partial charge < -0.3 is 14.6 Å². The van der Waals surface area contributed by atoms with Gasteiger partial charge in [-0.2, -0.15) is 0 Å². The molecule has 1 N–H and O–H groups in total. The highest BCUT2D eigenvalue weighted by Crippen LogP contribution is 2.40. The van der Waals surface area contributed by atoms with Crippen LogP contribution in [-0.4, -0.2) is 38.6 Å². The third-order valence-electron chi connectivity index (χ3n) is 5.26. The standard InChI is InChI=1S/C20H21N5O2/c26-18-9-13(11-22-18)5-8-27-20-19-17(23-12-25(19)15-1-2-15)10-16(24-20)14-3-6-21-7-4-14/h3-4,6-7,10,12-13,15H,1-2,5,8-9,11H2,(H,22,26)/t13-/m1/s1. The zero-order chi connectivity index (χ0) is 18.2. The van der Waals surface area contributed by atoms with E-state index in [0.29, 0.717) is 30.9 Å². The van der Waals surface area contributed by atoms with Gasteiger partial charge in [0.15, 0.2) is 0 Å². The summed E-state index contributed by atoms with van der Waals surface area (Å²) in [6, 6.07) is 6.38. The molecule has 1 aliphatic heterocycles. The predicted molar refractivity (Wildman–Crippen MR) is 100 cm³/mol. The van der Waals surface area contributed by atoms with Crippen LogP contribution >= 0.6 is 0 Å². The second-order valence-electron chi connectivity index (χ2n) is 7.31. The zero-order valence-corrected chi connectivity index (χ0v) is 15.0. The summed E-state index contributed by atoms with van der Waals surface area (Å²) in [4.78, 5) is 24.8. The van der Waals surface area contributed by atoms with E-state index in [1.165, 1.54) is 12.8 Å². The summed E-state index contributed by atoms with van der Waals surface area (Å²) >= 11 is 0. The molecule has 1 atom stereocenters. The molecule has 0 unspecified atom stereocenters. The van der Waals surface area contributed by atoms with E-state index in [9.17, 15) is 4.79 Å². The van der Waals surface area contributed by atoms with Gasteiger partial charge in [0.2, 0.25) is 11.8 Å². The lowest BCUT2D eigenvalue weighted by molar-refractivity contribution is -0.119. The van der Waals surface area contributed by atoms with Crippen molar-refractivity contribution in [2.45, 2.75) is 31.7 Å². The molecule has 5 rings (SSSR count). The van der Waals surface area contributed by atoms with Crippen LogP contribution in [0.1, 0.15) is 31.7 Å². The first-order chi connectivity index (χ1) is 13.3. The molecule has 1 aliphatic carbocycles. The fourth-order valence-corrected chi connectivity index (χ4v) is 3.62. The van der Waals surface area contributed by atoms with Crippen molar-refractivity contribution in [3.05, 3.63) is 36.9 Å². The molecule has 3 aromatic heterocycles. The molecule has 27 heavy (non-hydrogen) atoms. The summed E-state index contributed by atoms with van der Waals surface area (Å²) in [6.45, 7) is 1.28. The number of pyridine rings is 2. The molecule has 3 aromatic rings. The predicted octanol–water partition coefficient (Wildman–Crippen LogP) is 2.73. The van der Waals surface area contributed by atoms with Gasteiger partial charge in [0.05, 0.1) is 24.1 Å². The number of nitrogens with zero attached hydrogens (tertiary/aromatic N) is 4. The van der Waals surface area contributed by atoms with Crippen LogP contribution in [0.2, 0.25) is 0 Å². The molecule has 7 heteroatoms. The number of fused-ring (bicyclic) bond motifs is 1. The average molecular weight is 363 g/mol. The van der Waals surface area contributed by atoms with Crippen LogP contribution in [0.25, 0.3) is 22.3 Å². The van der Waals surface area contributed by atoms with Gasteiger partial charge in [-0.15, -0.1) is 0 Å². The van der Waals surface area contributed by atoms with Gasteiger partial charge in [-0.3, -0.25) is 9.78 Å². The summed E-state index contributed by atoms with van der Waals surface area (Å²) < 4.78 is 8.32. The van der Waals surface area contributed by atoms with E-state index >= 15 is 0 Å². The maximum atomic E-state index is 11.4. The van der Waals surface area contributed by atoms with Gasteiger partial charge in [0.1, 0.15) is 5.52 Å². The quantitative estimate of drug-likeness (QED) is 0.728. The molecule has 2 aliphatic rings. The van der Waals surface area contributed by atoms with Gasteiger partial charge in [-0.25, -0.2) is 9.97 Å². The molecule has 1 saturated carbocycles. The molecule has 138 valence electrons. The third-order valence-corrected chi connectivity index (χ3v) is 5.26. The highest BCUT2D eigenvalue weighted by molar-refractivity contribution is 5.84. The first-order valence-corrected chi connectivity index (χ1v) is 9.45. The smallest absolute Gasteiger partial charge is 0.240 e. The summed E-state index contributed by atoms with van der Waals surface area (Å²) in [5, 5.41) is 2.88. The van der Waals surface area contributed by atoms with Crippen LogP contribution in [-0.2, 0) is 4.79 Å². The molecule has 7 nitrogen and oxygen atoms in total. The largest absolute Gasteiger partial charge is 0.476 e. The molecular formula is C20H21N5O2. The first-order valence-electron chi connectivity index (χ1n) is 9.45. The van der Waals surface area contributed by atoms with Crippen LogP contribution in [0.5, 0.6) is 5.88 Å². The Hall–Kier alpha value is -2.96. The number of carbonyl (C=O) groups excluding carboxylic acids is 1. The fraction of sp³-hybridized carbons (Fsp3) is 0.400. The van der Waals surface area contributed by atoms with E-state index in [-0.39, 0.29) is 5.91 Å². The van der Waals surface area contributed by atoms with Crippen molar-refractivity contribution >= 4 is 16.9 Å². The minimum Gasteiger partial charge on any atom is -0.476 e. The highest BCUT2D eigenvalue weighted by Gasteiger charge is 2.27. The Morgan fingerprint density at radius 2 is 2.11 bits per heavy atom. The number of carbonyl (C=O) groups is 1. The van der Waals surface area contributed by atoms with E-state index in [1.54, 1.807) is 12.4 Å². The van der Waals surface area contributed by atoms with Crippen molar-refractivity contribution in [2.24, 2.45) is 5.92 Å². The number of ether oxygens (including phenoxy) is 1. The van der Waals surface area contributed by atoms with Crippen molar-refractivity contribution in [1.29, 1.82) is 0 Å². The fourth-order valence-electron chi connectivity index (χ4n) is 3.62. The van der Waals surface area contributed by atoms with Crippen LogP contribution in [0.15, 0.2) is 36.9 Å². The number of hydrogen-bond acceptors (Lipinski definition) is 5. The molecular weight excluding hydrogens is 342 g/mol. The number of amides is 1. The second kappa shape index (κ2) is 6.64. The first kappa shape index (κ1) is 16.2. The third kappa shape index (κ3) is 3.25. The van der Waals surface area contributed by atoms with Gasteiger partial charge in [0.25, 0.3) is 0 Å². The summed E-state index contributed by atoms with van der Waals surface area (Å²) in [6.07, 6.45) is 9.18. The molecule has 0 aromatic carbocycles. The van der Waals surface area contributed by atoms with Crippen molar-refractivity contribution in [2.75, 3.05) is 13.2 Å². The number of rotatable bonds is 6. The molecule has 0 bridgehead atoms. The van der Waals surface area contributed by atoms with Crippen LogP contribution in [0.3, 0.4) is 0 Å². The molecule has 4 heterocycles. The van der Waals surface area contributed by atoms with Gasteiger partial charge >= 0.3 is 0 Å². The summed E-state index contributed by atoms with van der Waals surface area (Å²) in [5.74, 6) is 1.10. The van der Waals surface area contributed by atoms with E-state index in [4.69, 9.17) is 9.72 Å². The van der Waals surface area contributed by atoms with E-state index < -0.39 is 0 Å².